The fourth-order valence-electron chi connectivity index (χ4n) is 3.70. The van der Waals surface area contributed by atoms with Gasteiger partial charge in [-0.3, -0.25) is 9.69 Å². The normalized spacial score (nSPS) is 42.6. The van der Waals surface area contributed by atoms with E-state index in [4.69, 9.17) is 46.0 Å². The number of nitrogens with zero attached hydrogens (tertiary/aromatic N) is 1. The molecule has 5 atom stereocenters. The molecule has 6 nitrogen and oxygen atoms in total. The van der Waals surface area contributed by atoms with E-state index >= 15 is 0 Å². The number of ether oxygens (including phenoxy) is 3. The molecule has 0 spiro atoms. The van der Waals surface area contributed by atoms with Gasteiger partial charge in [0.05, 0.1) is 23.7 Å². The molecule has 1 saturated heterocycles. The van der Waals surface area contributed by atoms with Crippen molar-refractivity contribution in [3.8, 4) is 11.5 Å². The number of methoxy groups -OCH3 is 2. The second-order valence-electron chi connectivity index (χ2n) is 7.04. The predicted octanol–water partition coefficient (Wildman–Crippen LogP) is 3.56. The average Bonchev–Trinajstić information content (AvgIpc) is 2.91. The molecule has 1 aromatic rings. The number of carbonyl (C=O) groups excluding carboxylic acids is 1. The topological polar surface area (TPSA) is 74.0 Å². The van der Waals surface area contributed by atoms with Crippen molar-refractivity contribution in [3.63, 3.8) is 0 Å². The monoisotopic (exact) mass is 438 g/mol. The van der Waals surface area contributed by atoms with Gasteiger partial charge in [-0.1, -0.05) is 27.5 Å². The third kappa shape index (κ3) is 4.75. The number of carbonyl (C=O) groups is 1. The fraction of sp³-hybridized carbons (Fsp3) is 0.708. The molecule has 3 rings (SSSR count). The van der Waals surface area contributed by atoms with Gasteiger partial charge in [-0.15, -0.1) is 0 Å². The molecule has 4 unspecified atom stereocenters. The summed E-state index contributed by atoms with van der Waals surface area (Å²) < 4.78 is 178. The summed E-state index contributed by atoms with van der Waals surface area (Å²) in [7, 11) is -2.00. The molecule has 168 valence electrons. The molecule has 0 radical (unpaired) electrons. The van der Waals surface area contributed by atoms with Gasteiger partial charge in [0.2, 0.25) is 0 Å². The Labute approximate surface area is 209 Å². The van der Waals surface area contributed by atoms with Gasteiger partial charge in [-0.25, -0.2) is 0 Å². The molecule has 0 aromatic heterocycles. The average molecular weight is 439 g/mol. The number of hydrogen-bond acceptors (Lipinski definition) is 6. The van der Waals surface area contributed by atoms with E-state index in [1.807, 2.05) is 0 Å². The Morgan fingerprint density at radius 2 is 2.23 bits per heavy atom. The second-order valence-corrected chi connectivity index (χ2v) is 7.04. The third-order valence-electron chi connectivity index (χ3n) is 5.08. The van der Waals surface area contributed by atoms with Crippen molar-refractivity contribution in [2.45, 2.75) is 64.8 Å². The van der Waals surface area contributed by atoms with Crippen molar-refractivity contribution in [1.29, 1.82) is 0 Å². The summed E-state index contributed by atoms with van der Waals surface area (Å²) in [6.07, 6.45) is -7.36. The lowest BCUT2D eigenvalue weighted by atomic mass is 9.79. The van der Waals surface area contributed by atoms with Gasteiger partial charge in [0.15, 0.2) is 11.5 Å². The molecule has 2 heterocycles. The summed E-state index contributed by atoms with van der Waals surface area (Å²) in [5.74, 6) is -12.5. The molecule has 2 aliphatic rings. The first-order valence-electron chi connectivity index (χ1n) is 19.2. The first kappa shape index (κ1) is 8.28. The minimum atomic E-state index is -4.07. The number of rotatable bonds is 7. The van der Waals surface area contributed by atoms with Crippen molar-refractivity contribution < 1.29 is 46.4 Å². The minimum Gasteiger partial charge on any atom is -0.493 e. The van der Waals surface area contributed by atoms with Gasteiger partial charge < -0.3 is 19.9 Å². The number of hydrogen-bond donors (Lipinski definition) is 1. The summed E-state index contributed by atoms with van der Waals surface area (Å²) in [5, 5.41) is 0. The lowest BCUT2D eigenvalue weighted by molar-refractivity contribution is -0.160. The zero-order valence-electron chi connectivity index (χ0n) is 36.6. The van der Waals surface area contributed by atoms with Gasteiger partial charge in [0, 0.05) is 49.3 Å². The summed E-state index contributed by atoms with van der Waals surface area (Å²) in [6.45, 7) is -11.2. The zero-order chi connectivity index (χ0) is 39.2. The molecule has 1 aromatic carbocycles. The zero-order valence-corrected chi connectivity index (χ0v) is 16.6. The first-order chi connectivity index (χ1) is 22.0. The molecule has 2 aliphatic heterocycles. The van der Waals surface area contributed by atoms with Crippen molar-refractivity contribution in [3.05, 3.63) is 23.2 Å². The SMILES string of the molecule is [2H]c1c2c(c([2H])c(OC)c1OC([2H])([2H])[2H])C1CC([2H])(OC(=O)[C@@]([2H])(N)C([2H])(C([2H])([2H])[2H])C([2H])([2H])[2H])C(C([2H])([2H])C([2H])(C)C([2H])([2H])[2H])CN1CC2. The van der Waals surface area contributed by atoms with Crippen LogP contribution in [0.2, 0.25) is 0 Å². The van der Waals surface area contributed by atoms with Crippen LogP contribution in [-0.2, 0) is 16.0 Å². The summed E-state index contributed by atoms with van der Waals surface area (Å²) in [4.78, 5) is 15.1. The fourth-order valence-corrected chi connectivity index (χ4v) is 3.70. The second kappa shape index (κ2) is 9.56. The van der Waals surface area contributed by atoms with Gasteiger partial charge in [0.1, 0.15) is 12.1 Å². The number of benzene rings is 1. The van der Waals surface area contributed by atoms with Crippen LogP contribution >= 0.6 is 0 Å². The van der Waals surface area contributed by atoms with E-state index in [9.17, 15) is 6.17 Å². The maximum absolute atomic E-state index is 13.7. The molecule has 30 heavy (non-hydrogen) atoms. The highest BCUT2D eigenvalue weighted by atomic mass is 16.5. The van der Waals surface area contributed by atoms with E-state index in [2.05, 4.69) is 0 Å². The van der Waals surface area contributed by atoms with Crippen LogP contribution in [0.4, 0.5) is 0 Å². The lowest BCUT2D eigenvalue weighted by Gasteiger charge is -2.47. The van der Waals surface area contributed by atoms with E-state index in [-0.39, 0.29) is 24.1 Å². The predicted molar refractivity (Wildman–Crippen MR) is 118 cm³/mol. The van der Waals surface area contributed by atoms with E-state index in [1.165, 1.54) is 4.90 Å². The Balaban J connectivity index is 2.31. The molecule has 0 saturated carbocycles. The third-order valence-corrected chi connectivity index (χ3v) is 5.08. The number of piperidine rings is 1. The summed E-state index contributed by atoms with van der Waals surface area (Å²) in [6, 6.07) is -6.29. The lowest BCUT2D eigenvalue weighted by Crippen LogP contribution is -2.51. The van der Waals surface area contributed by atoms with Crippen LogP contribution < -0.4 is 15.2 Å². The van der Waals surface area contributed by atoms with Crippen LogP contribution in [0.25, 0.3) is 0 Å². The molecule has 2 N–H and O–H groups in total. The highest BCUT2D eigenvalue weighted by Crippen LogP contribution is 2.44. The van der Waals surface area contributed by atoms with Crippen LogP contribution in [0.15, 0.2) is 12.1 Å². The molecule has 0 bridgehead atoms. The smallest absolute Gasteiger partial charge is 0.323 e. The number of fused-ring (bicyclic) bond motifs is 3. The van der Waals surface area contributed by atoms with Crippen molar-refractivity contribution in [2.24, 2.45) is 23.4 Å². The Kier molecular flexibility index (Phi) is 2.64. The van der Waals surface area contributed by atoms with Crippen molar-refractivity contribution in [1.82, 2.24) is 4.90 Å². The van der Waals surface area contributed by atoms with E-state index < -0.39 is 112 Å². The molecule has 6 heteroatoms. The summed E-state index contributed by atoms with van der Waals surface area (Å²) >= 11 is 0. The van der Waals surface area contributed by atoms with Gasteiger partial charge in [-0.05, 0) is 47.8 Å². The van der Waals surface area contributed by atoms with Crippen molar-refractivity contribution >= 4 is 5.97 Å². The maximum atomic E-state index is 13.7. The van der Waals surface area contributed by atoms with E-state index in [0.29, 0.717) is 0 Å². The Morgan fingerprint density at radius 1 is 1.43 bits per heavy atom. The number of esters is 1. The standard InChI is InChI=1S/C24H38N2O4/c1-14(2)9-17-13-26-8-7-16-10-21(28-5)22(29-6)11-18(16)19(26)12-20(17)30-24(27)23(25)15(3)4/h10-11,14-15,17,19-20,23H,7-9,12-13,25H2,1-6H3/t17?,19?,20?,23-/m0/s1/i1D3,3D3,4D3,5D3,9D2,10D,11D,14D,15D,20D,23D/t14?,17?,19?,20?,23-. The Hall–Kier alpha value is -1.79. The molecule has 0 amide bonds. The van der Waals surface area contributed by atoms with Gasteiger partial charge >= 0.3 is 5.97 Å². The van der Waals surface area contributed by atoms with E-state index in [1.54, 1.807) is 0 Å². The quantitative estimate of drug-likeness (QED) is 0.656. The summed E-state index contributed by atoms with van der Waals surface area (Å²) in [5.41, 5.74) is 5.66. The highest BCUT2D eigenvalue weighted by molar-refractivity contribution is 5.76. The van der Waals surface area contributed by atoms with Crippen LogP contribution in [0.5, 0.6) is 11.5 Å². The van der Waals surface area contributed by atoms with Gasteiger partial charge in [-0.2, -0.15) is 0 Å². The van der Waals surface area contributed by atoms with Crippen molar-refractivity contribution in [2.75, 3.05) is 27.2 Å². The van der Waals surface area contributed by atoms with Crippen LogP contribution in [0.1, 0.15) is 84.9 Å². The minimum absolute atomic E-state index is 0.0444. The Bertz CT molecular complexity index is 1470. The molecule has 1 fully saturated rings. The Morgan fingerprint density at radius 3 is 2.93 bits per heavy atom. The van der Waals surface area contributed by atoms with E-state index in [0.717, 1.165) is 14.0 Å². The molecular weight excluding hydrogens is 380 g/mol. The van der Waals surface area contributed by atoms with Crippen LogP contribution in [0, 0.1) is 17.7 Å². The number of nitrogens with two attached hydrogens (primary N) is 1. The molecule has 0 aliphatic carbocycles. The van der Waals surface area contributed by atoms with Crippen LogP contribution in [-0.4, -0.2) is 50.2 Å². The van der Waals surface area contributed by atoms with Crippen LogP contribution in [0.3, 0.4) is 0 Å². The van der Waals surface area contributed by atoms with Gasteiger partial charge in [0.25, 0.3) is 0 Å². The molecular formula is C24H38N2O4. The first-order valence-corrected chi connectivity index (χ1v) is 9.20. The highest BCUT2D eigenvalue weighted by Gasteiger charge is 2.41. The maximum Gasteiger partial charge on any atom is 0.323 e. The largest absolute Gasteiger partial charge is 0.493 e.